The molecule has 0 radical (unpaired) electrons. The normalized spacial score (nSPS) is 10.6. The Labute approximate surface area is 127 Å². The number of benzene rings is 2. The van der Waals surface area contributed by atoms with Gasteiger partial charge in [0.2, 0.25) is 0 Å². The topological polar surface area (TPSA) is 68.0 Å². The summed E-state index contributed by atoms with van der Waals surface area (Å²) in [5.41, 5.74) is 4.62. The van der Waals surface area contributed by atoms with Gasteiger partial charge < -0.3 is 5.11 Å². The van der Waals surface area contributed by atoms with E-state index in [1.54, 1.807) is 16.8 Å². The van der Waals surface area contributed by atoms with Gasteiger partial charge >= 0.3 is 5.97 Å². The molecule has 5 nitrogen and oxygen atoms in total. The first-order valence-electron chi connectivity index (χ1n) is 6.92. The van der Waals surface area contributed by atoms with Crippen molar-refractivity contribution < 1.29 is 9.90 Å². The van der Waals surface area contributed by atoms with Gasteiger partial charge in [-0.25, -0.2) is 4.68 Å². The van der Waals surface area contributed by atoms with Crippen molar-refractivity contribution in [1.29, 1.82) is 0 Å². The fourth-order valence-electron chi connectivity index (χ4n) is 2.19. The molecule has 0 atom stereocenters. The molecule has 3 aromatic rings. The van der Waals surface area contributed by atoms with Crippen molar-refractivity contribution in [1.82, 2.24) is 15.0 Å². The second kappa shape index (κ2) is 5.81. The third-order valence-electron chi connectivity index (χ3n) is 3.40. The Kier molecular flexibility index (Phi) is 3.70. The van der Waals surface area contributed by atoms with Crippen LogP contribution in [0.5, 0.6) is 0 Å². The number of aromatic nitrogens is 3. The van der Waals surface area contributed by atoms with Crippen molar-refractivity contribution in [2.45, 2.75) is 13.3 Å². The van der Waals surface area contributed by atoms with Crippen LogP contribution in [0.2, 0.25) is 0 Å². The predicted octanol–water partition coefficient (Wildman–Crippen LogP) is 2.87. The van der Waals surface area contributed by atoms with Crippen molar-refractivity contribution in [2.24, 2.45) is 0 Å². The molecule has 0 aliphatic rings. The van der Waals surface area contributed by atoms with Gasteiger partial charge in [0, 0.05) is 5.56 Å². The highest BCUT2D eigenvalue weighted by molar-refractivity contribution is 5.70. The van der Waals surface area contributed by atoms with E-state index < -0.39 is 5.97 Å². The van der Waals surface area contributed by atoms with E-state index in [0.29, 0.717) is 0 Å². The lowest BCUT2D eigenvalue weighted by atomic mass is 10.1. The number of rotatable bonds is 4. The third kappa shape index (κ3) is 3.03. The molecule has 0 aliphatic heterocycles. The minimum atomic E-state index is -0.838. The van der Waals surface area contributed by atoms with Crippen molar-refractivity contribution in [3.8, 4) is 16.9 Å². The molecule has 1 aromatic heterocycles. The van der Waals surface area contributed by atoms with E-state index in [2.05, 4.69) is 10.3 Å². The maximum Gasteiger partial charge on any atom is 0.307 e. The highest BCUT2D eigenvalue weighted by atomic mass is 16.4. The fourth-order valence-corrected chi connectivity index (χ4v) is 2.19. The van der Waals surface area contributed by atoms with Gasteiger partial charge in [0.25, 0.3) is 0 Å². The van der Waals surface area contributed by atoms with Gasteiger partial charge in [0.05, 0.1) is 18.3 Å². The summed E-state index contributed by atoms with van der Waals surface area (Å²) < 4.78 is 1.68. The molecule has 0 bridgehead atoms. The van der Waals surface area contributed by atoms with Crippen molar-refractivity contribution in [3.63, 3.8) is 0 Å². The Morgan fingerprint density at radius 2 is 1.77 bits per heavy atom. The maximum absolute atomic E-state index is 10.7. The zero-order chi connectivity index (χ0) is 15.5. The maximum atomic E-state index is 10.7. The first-order valence-corrected chi connectivity index (χ1v) is 6.92. The van der Waals surface area contributed by atoms with Crippen LogP contribution in [0.15, 0.2) is 54.7 Å². The number of carboxylic acids is 1. The van der Waals surface area contributed by atoms with E-state index in [-0.39, 0.29) is 6.42 Å². The molecule has 0 unspecified atom stereocenters. The fraction of sp³-hybridized carbons (Fsp3) is 0.118. The van der Waals surface area contributed by atoms with E-state index in [1.807, 2.05) is 49.5 Å². The van der Waals surface area contributed by atoms with Crippen molar-refractivity contribution in [2.75, 3.05) is 0 Å². The van der Waals surface area contributed by atoms with E-state index in [9.17, 15) is 4.79 Å². The molecule has 0 aliphatic carbocycles. The summed E-state index contributed by atoms with van der Waals surface area (Å²) in [6.45, 7) is 2.04. The molecule has 22 heavy (non-hydrogen) atoms. The highest BCUT2D eigenvalue weighted by Gasteiger charge is 2.06. The summed E-state index contributed by atoms with van der Waals surface area (Å²) in [6, 6.07) is 15.4. The average molecular weight is 293 g/mol. The summed E-state index contributed by atoms with van der Waals surface area (Å²) in [7, 11) is 0. The van der Waals surface area contributed by atoms with Crippen LogP contribution in [0.3, 0.4) is 0 Å². The molecular weight excluding hydrogens is 278 g/mol. The summed E-state index contributed by atoms with van der Waals surface area (Å²) in [4.78, 5) is 10.7. The number of carboxylic acid groups (broad SMARTS) is 1. The van der Waals surface area contributed by atoms with Gasteiger partial charge in [-0.15, -0.1) is 5.10 Å². The first kappa shape index (κ1) is 14.0. The molecule has 110 valence electrons. The molecule has 0 saturated heterocycles. The van der Waals surface area contributed by atoms with Gasteiger partial charge in [-0.3, -0.25) is 4.79 Å². The van der Waals surface area contributed by atoms with Gasteiger partial charge in [-0.05, 0) is 24.6 Å². The van der Waals surface area contributed by atoms with Crippen LogP contribution in [0.25, 0.3) is 16.9 Å². The minimum Gasteiger partial charge on any atom is -0.481 e. The van der Waals surface area contributed by atoms with Gasteiger partial charge in [0.1, 0.15) is 5.69 Å². The second-order valence-electron chi connectivity index (χ2n) is 5.15. The number of carbonyl (C=O) groups is 1. The van der Waals surface area contributed by atoms with E-state index in [0.717, 1.165) is 22.5 Å². The zero-order valence-electron chi connectivity index (χ0n) is 12.1. The molecule has 3 rings (SSSR count). The van der Waals surface area contributed by atoms with Crippen LogP contribution in [-0.4, -0.2) is 26.1 Å². The van der Waals surface area contributed by atoms with E-state index >= 15 is 0 Å². The van der Waals surface area contributed by atoms with E-state index in [4.69, 9.17) is 5.11 Å². The third-order valence-corrected chi connectivity index (χ3v) is 3.40. The SMILES string of the molecule is Cc1ccc(-c2cn(-c3ccc(CC(=O)O)cc3)nn2)cc1. The molecule has 2 aromatic carbocycles. The Bertz CT molecular complexity index is 790. The van der Waals surface area contributed by atoms with Crippen molar-refractivity contribution >= 4 is 5.97 Å². The Hall–Kier alpha value is -2.95. The molecule has 5 heteroatoms. The molecule has 0 amide bonds. The van der Waals surface area contributed by atoms with Crippen LogP contribution in [-0.2, 0) is 11.2 Å². The summed E-state index contributed by atoms with van der Waals surface area (Å²) in [5, 5.41) is 17.1. The standard InChI is InChI=1S/C17H15N3O2/c1-12-2-6-14(7-3-12)16-11-20(19-18-16)15-8-4-13(5-9-15)10-17(21)22/h2-9,11H,10H2,1H3,(H,21,22). The lowest BCUT2D eigenvalue weighted by Gasteiger charge is -2.01. The summed E-state index contributed by atoms with van der Waals surface area (Å²) >= 11 is 0. The molecule has 1 N–H and O–H groups in total. The summed E-state index contributed by atoms with van der Waals surface area (Å²) in [5.74, 6) is -0.838. The zero-order valence-corrected chi connectivity index (χ0v) is 12.1. The summed E-state index contributed by atoms with van der Waals surface area (Å²) in [6.07, 6.45) is 1.88. The number of nitrogens with zero attached hydrogens (tertiary/aromatic N) is 3. The van der Waals surface area contributed by atoms with Gasteiger partial charge in [-0.1, -0.05) is 47.2 Å². The van der Waals surface area contributed by atoms with Gasteiger partial charge in [-0.2, -0.15) is 0 Å². The molecule has 0 spiro atoms. The monoisotopic (exact) mass is 293 g/mol. The Balaban J connectivity index is 1.84. The number of aliphatic carboxylic acids is 1. The molecule has 0 saturated carbocycles. The Morgan fingerprint density at radius 1 is 1.09 bits per heavy atom. The minimum absolute atomic E-state index is 0.0201. The molecule has 0 fully saturated rings. The lowest BCUT2D eigenvalue weighted by molar-refractivity contribution is -0.136. The smallest absolute Gasteiger partial charge is 0.307 e. The van der Waals surface area contributed by atoms with Crippen LogP contribution < -0.4 is 0 Å². The Morgan fingerprint density at radius 3 is 2.41 bits per heavy atom. The van der Waals surface area contributed by atoms with Crippen molar-refractivity contribution in [3.05, 3.63) is 65.9 Å². The predicted molar refractivity (Wildman–Crippen MR) is 82.9 cm³/mol. The molecular formula is C17H15N3O2. The average Bonchev–Trinajstić information content (AvgIpc) is 2.98. The van der Waals surface area contributed by atoms with E-state index in [1.165, 1.54) is 5.56 Å². The number of aryl methyl sites for hydroxylation is 1. The quantitative estimate of drug-likeness (QED) is 0.803. The highest BCUT2D eigenvalue weighted by Crippen LogP contribution is 2.18. The first-order chi connectivity index (χ1) is 10.6. The van der Waals surface area contributed by atoms with Crippen LogP contribution in [0, 0.1) is 6.92 Å². The number of hydrogen-bond acceptors (Lipinski definition) is 3. The van der Waals surface area contributed by atoms with Crippen LogP contribution in [0.4, 0.5) is 0 Å². The number of hydrogen-bond donors (Lipinski definition) is 1. The van der Waals surface area contributed by atoms with Gasteiger partial charge in [0.15, 0.2) is 0 Å². The lowest BCUT2D eigenvalue weighted by Crippen LogP contribution is -2.00. The molecule has 1 heterocycles. The van der Waals surface area contributed by atoms with Crippen LogP contribution in [0.1, 0.15) is 11.1 Å². The second-order valence-corrected chi connectivity index (χ2v) is 5.15. The van der Waals surface area contributed by atoms with Crippen LogP contribution >= 0.6 is 0 Å². The largest absolute Gasteiger partial charge is 0.481 e.